The summed E-state index contributed by atoms with van der Waals surface area (Å²) in [7, 11) is -2.36. The number of amides is 1. The third kappa shape index (κ3) is 6.31. The minimum absolute atomic E-state index is 0.0452. The van der Waals surface area contributed by atoms with Crippen LogP contribution in [0.3, 0.4) is 0 Å². The average molecular weight is 433 g/mol. The highest BCUT2D eigenvalue weighted by atomic mass is 32.2. The van der Waals surface area contributed by atoms with Crippen LogP contribution in [0.1, 0.15) is 51.8 Å². The van der Waals surface area contributed by atoms with Gasteiger partial charge in [0.25, 0.3) is 0 Å². The standard InChI is InChI=1S/C23H32N2O4S/c1-15(2)13-18-7-9-19(10-8-18)23(16(3)4)25-30(27,28)20-11-12-22(29-6)21(14-20)24-17(5)26/h7-12,14-16,23,25H,13H2,1-6H3,(H,24,26). The van der Waals surface area contributed by atoms with Crippen LogP contribution in [0.25, 0.3) is 0 Å². The third-order valence-electron chi connectivity index (χ3n) is 4.72. The second-order valence-corrected chi connectivity index (χ2v) is 9.94. The van der Waals surface area contributed by atoms with Gasteiger partial charge in [0.05, 0.1) is 17.7 Å². The first kappa shape index (κ1) is 23.9. The molecule has 0 aliphatic heterocycles. The fourth-order valence-corrected chi connectivity index (χ4v) is 4.70. The summed E-state index contributed by atoms with van der Waals surface area (Å²) in [6.07, 6.45) is 0.982. The van der Waals surface area contributed by atoms with Crippen LogP contribution in [0, 0.1) is 11.8 Å². The molecule has 0 aliphatic carbocycles. The van der Waals surface area contributed by atoms with Gasteiger partial charge in [-0.2, -0.15) is 0 Å². The summed E-state index contributed by atoms with van der Waals surface area (Å²) < 4.78 is 34.2. The van der Waals surface area contributed by atoms with Gasteiger partial charge in [-0.15, -0.1) is 0 Å². The third-order valence-corrected chi connectivity index (χ3v) is 6.16. The summed E-state index contributed by atoms with van der Waals surface area (Å²) in [6, 6.07) is 12.1. The molecule has 1 amide bonds. The monoisotopic (exact) mass is 432 g/mol. The minimum Gasteiger partial charge on any atom is -0.495 e. The Kier molecular flexibility index (Phi) is 8.03. The van der Waals surface area contributed by atoms with Crippen molar-refractivity contribution in [2.75, 3.05) is 12.4 Å². The first-order valence-corrected chi connectivity index (χ1v) is 11.6. The molecule has 2 aromatic rings. The smallest absolute Gasteiger partial charge is 0.241 e. The average Bonchev–Trinajstić information content (AvgIpc) is 2.65. The maximum Gasteiger partial charge on any atom is 0.241 e. The Bertz CT molecular complexity index is 967. The van der Waals surface area contributed by atoms with Crippen molar-refractivity contribution in [3.8, 4) is 5.75 Å². The molecule has 1 atom stereocenters. The van der Waals surface area contributed by atoms with Crippen LogP contribution < -0.4 is 14.8 Å². The molecular weight excluding hydrogens is 400 g/mol. The SMILES string of the molecule is COc1ccc(S(=O)(=O)NC(c2ccc(CC(C)C)cc2)C(C)C)cc1NC(C)=O. The van der Waals surface area contributed by atoms with E-state index in [1.54, 1.807) is 0 Å². The molecule has 0 fully saturated rings. The van der Waals surface area contributed by atoms with E-state index in [0.29, 0.717) is 17.4 Å². The normalized spacial score (nSPS) is 12.8. The van der Waals surface area contributed by atoms with Gasteiger partial charge in [-0.25, -0.2) is 13.1 Å². The van der Waals surface area contributed by atoms with Crippen LogP contribution in [0.4, 0.5) is 5.69 Å². The van der Waals surface area contributed by atoms with E-state index in [2.05, 4.69) is 36.0 Å². The fourth-order valence-electron chi connectivity index (χ4n) is 3.30. The Labute approximate surface area is 180 Å². The number of benzene rings is 2. The number of carbonyl (C=O) groups excluding carboxylic acids is 1. The Balaban J connectivity index is 2.33. The molecule has 0 aromatic heterocycles. The molecule has 0 saturated carbocycles. The highest BCUT2D eigenvalue weighted by Gasteiger charge is 2.25. The Morgan fingerprint density at radius 1 is 1.03 bits per heavy atom. The zero-order valence-electron chi connectivity index (χ0n) is 18.5. The summed E-state index contributed by atoms with van der Waals surface area (Å²) in [5, 5.41) is 2.61. The summed E-state index contributed by atoms with van der Waals surface area (Å²) >= 11 is 0. The molecule has 2 aromatic carbocycles. The summed E-state index contributed by atoms with van der Waals surface area (Å²) in [5.74, 6) is 0.689. The zero-order valence-corrected chi connectivity index (χ0v) is 19.3. The maximum absolute atomic E-state index is 13.1. The van der Waals surface area contributed by atoms with E-state index < -0.39 is 10.0 Å². The summed E-state index contributed by atoms with van der Waals surface area (Å²) in [6.45, 7) is 9.65. The van der Waals surface area contributed by atoms with Gasteiger partial charge in [0.2, 0.25) is 15.9 Å². The summed E-state index contributed by atoms with van der Waals surface area (Å²) in [4.78, 5) is 11.5. The van der Waals surface area contributed by atoms with Crippen molar-refractivity contribution in [1.82, 2.24) is 4.72 Å². The Morgan fingerprint density at radius 2 is 1.67 bits per heavy atom. The van der Waals surface area contributed by atoms with Crippen molar-refractivity contribution in [1.29, 1.82) is 0 Å². The minimum atomic E-state index is -3.82. The number of methoxy groups -OCH3 is 1. The Hall–Kier alpha value is -2.38. The number of nitrogens with one attached hydrogen (secondary N) is 2. The lowest BCUT2D eigenvalue weighted by molar-refractivity contribution is -0.114. The second kappa shape index (κ2) is 10.1. The summed E-state index contributed by atoms with van der Waals surface area (Å²) in [5.41, 5.74) is 2.46. The van der Waals surface area contributed by atoms with Gasteiger partial charge in [-0.1, -0.05) is 52.0 Å². The van der Waals surface area contributed by atoms with Crippen molar-refractivity contribution < 1.29 is 17.9 Å². The van der Waals surface area contributed by atoms with Crippen LogP contribution in [-0.4, -0.2) is 21.4 Å². The van der Waals surface area contributed by atoms with Crippen molar-refractivity contribution in [2.24, 2.45) is 11.8 Å². The molecular formula is C23H32N2O4S. The molecule has 2 rings (SSSR count). The molecule has 0 saturated heterocycles. The van der Waals surface area contributed by atoms with Crippen LogP contribution in [-0.2, 0) is 21.2 Å². The Morgan fingerprint density at radius 3 is 2.17 bits per heavy atom. The highest BCUT2D eigenvalue weighted by Crippen LogP contribution is 2.30. The quantitative estimate of drug-likeness (QED) is 0.610. The van der Waals surface area contributed by atoms with Crippen molar-refractivity contribution in [2.45, 2.75) is 52.0 Å². The first-order chi connectivity index (χ1) is 14.0. The molecule has 1 unspecified atom stereocenters. The number of carbonyl (C=O) groups is 1. The molecule has 30 heavy (non-hydrogen) atoms. The van der Waals surface area contributed by atoms with E-state index in [1.165, 1.54) is 37.8 Å². The molecule has 0 spiro atoms. The highest BCUT2D eigenvalue weighted by molar-refractivity contribution is 7.89. The van der Waals surface area contributed by atoms with Gasteiger partial charge in [-0.05, 0) is 47.6 Å². The molecule has 2 N–H and O–H groups in total. The van der Waals surface area contributed by atoms with Crippen LogP contribution in [0.5, 0.6) is 5.75 Å². The predicted octanol–water partition coefficient (Wildman–Crippen LogP) is 4.53. The van der Waals surface area contributed by atoms with Gasteiger partial charge in [0.1, 0.15) is 5.75 Å². The van der Waals surface area contributed by atoms with Crippen LogP contribution in [0.2, 0.25) is 0 Å². The molecule has 7 heteroatoms. The lowest BCUT2D eigenvalue weighted by Gasteiger charge is -2.23. The van der Waals surface area contributed by atoms with Crippen molar-refractivity contribution in [3.05, 3.63) is 53.6 Å². The van der Waals surface area contributed by atoms with Gasteiger partial charge in [0.15, 0.2) is 0 Å². The van der Waals surface area contributed by atoms with Crippen LogP contribution >= 0.6 is 0 Å². The van der Waals surface area contributed by atoms with E-state index in [9.17, 15) is 13.2 Å². The molecule has 0 bridgehead atoms. The molecule has 0 aliphatic rings. The van der Waals surface area contributed by atoms with E-state index >= 15 is 0 Å². The lowest BCUT2D eigenvalue weighted by Crippen LogP contribution is -2.32. The zero-order chi connectivity index (χ0) is 22.5. The van der Waals surface area contributed by atoms with Gasteiger partial charge in [0, 0.05) is 13.0 Å². The van der Waals surface area contributed by atoms with Gasteiger partial charge in [-0.3, -0.25) is 4.79 Å². The number of rotatable bonds is 9. The lowest BCUT2D eigenvalue weighted by atomic mass is 9.94. The number of sulfonamides is 1. The van der Waals surface area contributed by atoms with E-state index in [4.69, 9.17) is 4.74 Å². The van der Waals surface area contributed by atoms with Crippen molar-refractivity contribution in [3.63, 3.8) is 0 Å². The van der Waals surface area contributed by atoms with E-state index in [0.717, 1.165) is 12.0 Å². The molecule has 0 heterocycles. The number of hydrogen-bond acceptors (Lipinski definition) is 4. The van der Waals surface area contributed by atoms with Crippen molar-refractivity contribution >= 4 is 21.6 Å². The van der Waals surface area contributed by atoms with E-state index in [1.807, 2.05) is 26.0 Å². The maximum atomic E-state index is 13.1. The number of ether oxygens (including phenoxy) is 1. The molecule has 0 radical (unpaired) electrons. The van der Waals surface area contributed by atoms with E-state index in [-0.39, 0.29) is 22.8 Å². The number of anilines is 1. The van der Waals surface area contributed by atoms with Gasteiger partial charge < -0.3 is 10.1 Å². The predicted molar refractivity (Wildman–Crippen MR) is 120 cm³/mol. The second-order valence-electron chi connectivity index (χ2n) is 8.23. The first-order valence-electron chi connectivity index (χ1n) is 10.1. The molecule has 6 nitrogen and oxygen atoms in total. The molecule has 164 valence electrons. The topological polar surface area (TPSA) is 84.5 Å². The van der Waals surface area contributed by atoms with Gasteiger partial charge >= 0.3 is 0 Å². The number of hydrogen-bond donors (Lipinski definition) is 2. The van der Waals surface area contributed by atoms with Crippen LogP contribution in [0.15, 0.2) is 47.4 Å². The largest absolute Gasteiger partial charge is 0.495 e. The fraction of sp³-hybridized carbons (Fsp3) is 0.435.